The van der Waals surface area contributed by atoms with Crippen molar-refractivity contribution < 1.29 is 4.74 Å². The van der Waals surface area contributed by atoms with Gasteiger partial charge in [0.15, 0.2) is 5.82 Å². The van der Waals surface area contributed by atoms with Crippen molar-refractivity contribution in [1.29, 1.82) is 0 Å². The van der Waals surface area contributed by atoms with Crippen LogP contribution in [0, 0.1) is 3.57 Å². The Morgan fingerprint density at radius 1 is 1.16 bits per heavy atom. The Kier molecular flexibility index (Phi) is 4.05. The molecule has 0 saturated carbocycles. The lowest BCUT2D eigenvalue weighted by atomic mass is 10.1. The number of ether oxygens (including phenoxy) is 1. The summed E-state index contributed by atoms with van der Waals surface area (Å²) >= 11 is 2.17. The fourth-order valence-electron chi connectivity index (χ4n) is 1.61. The van der Waals surface area contributed by atoms with Crippen molar-refractivity contribution in [3.8, 4) is 11.3 Å². The topological polar surface area (TPSA) is 61.0 Å². The molecule has 0 amide bonds. The van der Waals surface area contributed by atoms with Crippen LogP contribution in [-0.2, 0) is 10.3 Å². The summed E-state index contributed by atoms with van der Waals surface area (Å²) in [5.74, 6) is 1.07. The van der Waals surface area contributed by atoms with E-state index in [-0.39, 0.29) is 0 Å². The van der Waals surface area contributed by atoms with E-state index in [2.05, 4.69) is 32.6 Å². The van der Waals surface area contributed by atoms with Crippen molar-refractivity contribution in [3.05, 3.63) is 39.7 Å². The summed E-state index contributed by atoms with van der Waals surface area (Å²) in [7, 11) is 1.64. The summed E-state index contributed by atoms with van der Waals surface area (Å²) in [5, 5.41) is 0. The van der Waals surface area contributed by atoms with Gasteiger partial charge >= 0.3 is 0 Å². The van der Waals surface area contributed by atoms with Crippen molar-refractivity contribution in [2.24, 2.45) is 0 Å². The minimum atomic E-state index is -0.567. The number of hydrogen-bond donors (Lipinski definition) is 1. The lowest BCUT2D eigenvalue weighted by molar-refractivity contribution is 0.0116. The standard InChI is InChI=1S/C14H16IN3O/c1-14(2,19-3)13-17-11(10(15)12(16)18-13)9-7-5-4-6-8-9/h4-8H,1-3H3,(H2,16,17,18). The maximum atomic E-state index is 6.00. The molecule has 0 bridgehead atoms. The van der Waals surface area contributed by atoms with Gasteiger partial charge in [0.25, 0.3) is 0 Å². The quantitative estimate of drug-likeness (QED) is 0.845. The van der Waals surface area contributed by atoms with Crippen LogP contribution in [0.15, 0.2) is 30.3 Å². The van der Waals surface area contributed by atoms with Gasteiger partial charge in [-0.05, 0) is 36.4 Å². The van der Waals surface area contributed by atoms with Crippen LogP contribution in [0.3, 0.4) is 0 Å². The van der Waals surface area contributed by atoms with Gasteiger partial charge < -0.3 is 10.5 Å². The van der Waals surface area contributed by atoms with E-state index in [1.807, 2.05) is 44.2 Å². The molecule has 0 atom stereocenters. The number of hydrogen-bond acceptors (Lipinski definition) is 4. The molecule has 2 N–H and O–H groups in total. The van der Waals surface area contributed by atoms with Gasteiger partial charge in [0.1, 0.15) is 11.4 Å². The highest BCUT2D eigenvalue weighted by molar-refractivity contribution is 14.1. The number of nitrogens with zero attached hydrogens (tertiary/aromatic N) is 2. The zero-order chi connectivity index (χ0) is 14.0. The third kappa shape index (κ3) is 2.87. The number of halogens is 1. The van der Waals surface area contributed by atoms with Crippen molar-refractivity contribution in [3.63, 3.8) is 0 Å². The summed E-state index contributed by atoms with van der Waals surface area (Å²) in [6.45, 7) is 3.84. The summed E-state index contributed by atoms with van der Waals surface area (Å²) in [6.07, 6.45) is 0. The number of anilines is 1. The van der Waals surface area contributed by atoms with Crippen LogP contribution >= 0.6 is 22.6 Å². The van der Waals surface area contributed by atoms with Crippen molar-refractivity contribution >= 4 is 28.4 Å². The molecule has 1 aromatic heterocycles. The molecule has 2 rings (SSSR count). The van der Waals surface area contributed by atoms with Gasteiger partial charge in [0.05, 0.1) is 9.26 Å². The Labute approximate surface area is 126 Å². The number of rotatable bonds is 3. The SMILES string of the molecule is COC(C)(C)c1nc(N)c(I)c(-c2ccccc2)n1. The Morgan fingerprint density at radius 3 is 2.37 bits per heavy atom. The van der Waals surface area contributed by atoms with Gasteiger partial charge in [0, 0.05) is 12.7 Å². The zero-order valence-electron chi connectivity index (χ0n) is 11.1. The third-order valence-corrected chi connectivity index (χ3v) is 4.04. The molecular formula is C14H16IN3O. The third-order valence-electron chi connectivity index (χ3n) is 2.97. The molecule has 0 aliphatic heterocycles. The molecule has 0 spiro atoms. The Balaban J connectivity index is 2.62. The van der Waals surface area contributed by atoms with Crippen molar-refractivity contribution in [2.45, 2.75) is 19.4 Å². The normalized spacial score (nSPS) is 11.6. The average molecular weight is 369 g/mol. The first-order chi connectivity index (χ1) is 8.95. The summed E-state index contributed by atoms with van der Waals surface area (Å²) in [5.41, 5.74) is 7.29. The average Bonchev–Trinajstić information content (AvgIpc) is 2.42. The van der Waals surface area contributed by atoms with Gasteiger partial charge in [-0.25, -0.2) is 9.97 Å². The van der Waals surface area contributed by atoms with E-state index in [0.29, 0.717) is 11.6 Å². The van der Waals surface area contributed by atoms with E-state index < -0.39 is 5.60 Å². The van der Waals surface area contributed by atoms with Crippen LogP contribution in [0.25, 0.3) is 11.3 Å². The van der Waals surface area contributed by atoms with Crippen LogP contribution in [-0.4, -0.2) is 17.1 Å². The molecule has 2 aromatic rings. The molecular weight excluding hydrogens is 353 g/mol. The number of benzene rings is 1. The van der Waals surface area contributed by atoms with Gasteiger partial charge in [-0.15, -0.1) is 0 Å². The van der Waals surface area contributed by atoms with Gasteiger partial charge in [-0.3, -0.25) is 0 Å². The van der Waals surface area contributed by atoms with E-state index in [4.69, 9.17) is 10.5 Å². The van der Waals surface area contributed by atoms with Crippen molar-refractivity contribution in [2.75, 3.05) is 12.8 Å². The first-order valence-corrected chi connectivity index (χ1v) is 6.97. The number of nitrogen functional groups attached to an aromatic ring is 1. The fourth-order valence-corrected chi connectivity index (χ4v) is 2.16. The molecule has 0 aliphatic rings. The van der Waals surface area contributed by atoms with Crippen LogP contribution in [0.1, 0.15) is 19.7 Å². The predicted molar refractivity (Wildman–Crippen MR) is 84.6 cm³/mol. The largest absolute Gasteiger partial charge is 0.383 e. The minimum Gasteiger partial charge on any atom is -0.383 e. The highest BCUT2D eigenvalue weighted by atomic mass is 127. The molecule has 0 saturated heterocycles. The second-order valence-corrected chi connectivity index (χ2v) is 5.75. The number of nitrogens with two attached hydrogens (primary N) is 1. The molecule has 0 unspecified atom stereocenters. The molecule has 4 nitrogen and oxygen atoms in total. The second-order valence-electron chi connectivity index (χ2n) is 4.68. The highest BCUT2D eigenvalue weighted by Crippen LogP contribution is 2.30. The highest BCUT2D eigenvalue weighted by Gasteiger charge is 2.25. The monoisotopic (exact) mass is 369 g/mol. The lowest BCUT2D eigenvalue weighted by Crippen LogP contribution is -2.24. The fraction of sp³-hybridized carbons (Fsp3) is 0.286. The van der Waals surface area contributed by atoms with E-state index in [1.165, 1.54) is 0 Å². The Morgan fingerprint density at radius 2 is 1.79 bits per heavy atom. The van der Waals surface area contributed by atoms with Gasteiger partial charge in [0.2, 0.25) is 0 Å². The maximum Gasteiger partial charge on any atom is 0.162 e. The first kappa shape index (κ1) is 14.2. The predicted octanol–water partition coefficient (Wildman–Crippen LogP) is 3.21. The second kappa shape index (κ2) is 5.42. The molecule has 100 valence electrons. The lowest BCUT2D eigenvalue weighted by Gasteiger charge is -2.22. The number of methoxy groups -OCH3 is 1. The van der Waals surface area contributed by atoms with Crippen LogP contribution in [0.5, 0.6) is 0 Å². The zero-order valence-corrected chi connectivity index (χ0v) is 13.3. The van der Waals surface area contributed by atoms with E-state index >= 15 is 0 Å². The summed E-state index contributed by atoms with van der Waals surface area (Å²) < 4.78 is 6.29. The Hall–Kier alpha value is -1.21. The molecule has 1 aromatic carbocycles. The van der Waals surface area contributed by atoms with Crippen molar-refractivity contribution in [1.82, 2.24) is 9.97 Å². The molecule has 0 radical (unpaired) electrons. The van der Waals surface area contributed by atoms with E-state index in [9.17, 15) is 0 Å². The molecule has 19 heavy (non-hydrogen) atoms. The van der Waals surface area contributed by atoms with E-state index in [1.54, 1.807) is 7.11 Å². The maximum absolute atomic E-state index is 6.00. The smallest absolute Gasteiger partial charge is 0.162 e. The van der Waals surface area contributed by atoms with E-state index in [0.717, 1.165) is 14.8 Å². The molecule has 0 aliphatic carbocycles. The molecule has 0 fully saturated rings. The molecule has 5 heteroatoms. The van der Waals surface area contributed by atoms with Crippen LogP contribution < -0.4 is 5.73 Å². The van der Waals surface area contributed by atoms with Gasteiger partial charge in [-0.2, -0.15) is 0 Å². The minimum absolute atomic E-state index is 0.481. The first-order valence-electron chi connectivity index (χ1n) is 5.90. The van der Waals surface area contributed by atoms with Crippen LogP contribution in [0.2, 0.25) is 0 Å². The van der Waals surface area contributed by atoms with Gasteiger partial charge in [-0.1, -0.05) is 30.3 Å². The Bertz CT molecular complexity index is 585. The molecule has 1 heterocycles. The van der Waals surface area contributed by atoms with Crippen LogP contribution in [0.4, 0.5) is 5.82 Å². The summed E-state index contributed by atoms with van der Waals surface area (Å²) in [4.78, 5) is 8.96. The summed E-state index contributed by atoms with van der Waals surface area (Å²) in [6, 6.07) is 9.94. The number of aromatic nitrogens is 2.